The highest BCUT2D eigenvalue weighted by Gasteiger charge is 2.70. The lowest BCUT2D eigenvalue weighted by Crippen LogP contribution is -2.61. The van der Waals surface area contributed by atoms with E-state index >= 15 is 0 Å². The number of carbonyl (C=O) groups is 5. The molecule has 37 heavy (non-hydrogen) atoms. The van der Waals surface area contributed by atoms with Gasteiger partial charge in [0.2, 0.25) is 17.6 Å². The molecule has 208 valence electrons. The fourth-order valence-corrected chi connectivity index (χ4v) is 5.78. The molecule has 3 rings (SSSR count). The standard InChI is InChI=1S/C27H44N4O6/c1-25(2,3)20(30-24(36)37-26(4,5)6)23(35)31-13-15-17(27(15,7)8)18(31)22(34)29-16(19(32)21(28)33)12-14-10-9-11-14/h14-18,20H,9-13H2,1-8H3,(H2,28,33)(H,29,34)(H,30,36)/t15?,16?,17?,18-,20+/m0/s1. The number of nitrogens with two attached hydrogens (primary N) is 1. The minimum Gasteiger partial charge on any atom is -0.444 e. The van der Waals surface area contributed by atoms with Gasteiger partial charge in [0.1, 0.15) is 17.7 Å². The van der Waals surface area contributed by atoms with E-state index < -0.39 is 52.8 Å². The SMILES string of the molecule is CC(C)(C)OC(=O)N[C@H](C(=O)N1CC2C([C@H]1C(=O)NC(CC1CCC1)C(=O)C(N)=O)C2(C)C)C(C)(C)C. The van der Waals surface area contributed by atoms with Gasteiger partial charge < -0.3 is 26.0 Å². The molecule has 0 aromatic carbocycles. The molecular weight excluding hydrogens is 476 g/mol. The van der Waals surface area contributed by atoms with E-state index in [2.05, 4.69) is 24.5 Å². The van der Waals surface area contributed by atoms with Crippen molar-refractivity contribution in [2.24, 2.45) is 34.3 Å². The molecule has 5 atom stereocenters. The summed E-state index contributed by atoms with van der Waals surface area (Å²) in [6.07, 6.45) is 2.58. The Kier molecular flexibility index (Phi) is 7.74. The van der Waals surface area contributed by atoms with E-state index in [4.69, 9.17) is 10.5 Å². The lowest BCUT2D eigenvalue weighted by atomic mass is 9.80. The zero-order chi connectivity index (χ0) is 28.1. The highest BCUT2D eigenvalue weighted by molar-refractivity contribution is 6.37. The van der Waals surface area contributed by atoms with Crippen molar-refractivity contribution in [1.82, 2.24) is 15.5 Å². The Hall–Kier alpha value is -2.65. The Morgan fingerprint density at radius 3 is 2.08 bits per heavy atom. The number of likely N-dealkylation sites (tertiary alicyclic amines) is 1. The average molecular weight is 521 g/mol. The van der Waals surface area contributed by atoms with Crippen molar-refractivity contribution >= 4 is 29.6 Å². The number of amides is 4. The van der Waals surface area contributed by atoms with Crippen LogP contribution in [0.1, 0.15) is 81.1 Å². The lowest BCUT2D eigenvalue weighted by Gasteiger charge is -2.38. The van der Waals surface area contributed by atoms with Crippen molar-refractivity contribution in [3.63, 3.8) is 0 Å². The van der Waals surface area contributed by atoms with Crippen LogP contribution in [0.15, 0.2) is 0 Å². The highest BCUT2D eigenvalue weighted by Crippen LogP contribution is 2.65. The number of alkyl carbamates (subject to hydrolysis) is 1. The van der Waals surface area contributed by atoms with Crippen LogP contribution < -0.4 is 16.4 Å². The van der Waals surface area contributed by atoms with Gasteiger partial charge in [-0.15, -0.1) is 0 Å². The van der Waals surface area contributed by atoms with Gasteiger partial charge in [0.25, 0.3) is 5.91 Å². The molecular formula is C27H44N4O6. The van der Waals surface area contributed by atoms with Gasteiger partial charge in [-0.1, -0.05) is 53.9 Å². The van der Waals surface area contributed by atoms with E-state index in [0.29, 0.717) is 13.0 Å². The molecule has 3 unspecified atom stereocenters. The quantitative estimate of drug-likeness (QED) is 0.418. The third-order valence-corrected chi connectivity index (χ3v) is 8.20. The maximum atomic E-state index is 13.9. The van der Waals surface area contributed by atoms with Gasteiger partial charge in [0, 0.05) is 6.54 Å². The number of nitrogens with one attached hydrogen (secondary N) is 2. The number of Topliss-reactive ketones (excluding diaryl/α,β-unsaturated/α-hetero) is 1. The number of piperidine rings is 1. The molecule has 4 amide bonds. The monoisotopic (exact) mass is 520 g/mol. The second-order valence-electron chi connectivity index (χ2n) is 13.7. The first-order chi connectivity index (χ1) is 16.8. The maximum absolute atomic E-state index is 13.9. The molecule has 0 aromatic rings. The van der Waals surface area contributed by atoms with Gasteiger partial charge >= 0.3 is 6.09 Å². The van der Waals surface area contributed by atoms with Gasteiger partial charge in [-0.05, 0) is 55.8 Å². The number of carbonyl (C=O) groups excluding carboxylic acids is 5. The van der Waals surface area contributed by atoms with Crippen LogP contribution in [0, 0.1) is 28.6 Å². The zero-order valence-electron chi connectivity index (χ0n) is 23.5. The Morgan fingerprint density at radius 2 is 1.62 bits per heavy atom. The minimum absolute atomic E-state index is 0.0911. The number of nitrogens with zero attached hydrogens (tertiary/aromatic N) is 1. The van der Waals surface area contributed by atoms with E-state index in [1.54, 1.807) is 20.8 Å². The summed E-state index contributed by atoms with van der Waals surface area (Å²) >= 11 is 0. The van der Waals surface area contributed by atoms with Gasteiger partial charge in [-0.2, -0.15) is 0 Å². The van der Waals surface area contributed by atoms with Crippen LogP contribution >= 0.6 is 0 Å². The zero-order valence-corrected chi connectivity index (χ0v) is 23.5. The number of primary amides is 1. The van der Waals surface area contributed by atoms with E-state index in [0.717, 1.165) is 19.3 Å². The smallest absolute Gasteiger partial charge is 0.408 e. The second-order valence-corrected chi connectivity index (χ2v) is 13.7. The molecule has 0 radical (unpaired) electrons. The maximum Gasteiger partial charge on any atom is 0.408 e. The summed E-state index contributed by atoms with van der Waals surface area (Å²) in [5.41, 5.74) is 3.73. The number of rotatable bonds is 8. The van der Waals surface area contributed by atoms with Crippen molar-refractivity contribution in [2.45, 2.75) is 105 Å². The third kappa shape index (κ3) is 6.26. The Morgan fingerprint density at radius 1 is 1.03 bits per heavy atom. The Labute approximate surface area is 219 Å². The summed E-state index contributed by atoms with van der Waals surface area (Å²) < 4.78 is 5.39. The van der Waals surface area contributed by atoms with Crippen molar-refractivity contribution in [3.05, 3.63) is 0 Å². The second kappa shape index (κ2) is 9.91. The number of hydrogen-bond acceptors (Lipinski definition) is 6. The van der Waals surface area contributed by atoms with Gasteiger partial charge in [-0.3, -0.25) is 19.2 Å². The Bertz CT molecular complexity index is 959. The first-order valence-electron chi connectivity index (χ1n) is 13.3. The highest BCUT2D eigenvalue weighted by atomic mass is 16.6. The van der Waals surface area contributed by atoms with Gasteiger partial charge in [0.15, 0.2) is 0 Å². The molecule has 10 nitrogen and oxygen atoms in total. The molecule has 0 bridgehead atoms. The third-order valence-electron chi connectivity index (χ3n) is 8.20. The lowest BCUT2D eigenvalue weighted by molar-refractivity contribution is -0.145. The van der Waals surface area contributed by atoms with Crippen molar-refractivity contribution in [2.75, 3.05) is 6.54 Å². The van der Waals surface area contributed by atoms with Crippen molar-refractivity contribution < 1.29 is 28.7 Å². The fourth-order valence-electron chi connectivity index (χ4n) is 5.78. The number of fused-ring (bicyclic) bond motifs is 1. The summed E-state index contributed by atoms with van der Waals surface area (Å²) in [6, 6.07) is -2.76. The van der Waals surface area contributed by atoms with Crippen LogP contribution in [0.4, 0.5) is 4.79 Å². The molecule has 4 N–H and O–H groups in total. The van der Waals surface area contributed by atoms with Crippen LogP contribution in [-0.2, 0) is 23.9 Å². The molecule has 10 heteroatoms. The molecule has 1 heterocycles. The molecule has 1 saturated heterocycles. The molecule has 2 aliphatic carbocycles. The summed E-state index contributed by atoms with van der Waals surface area (Å²) in [5.74, 6) is -2.46. The largest absolute Gasteiger partial charge is 0.444 e. The predicted molar refractivity (Wildman–Crippen MR) is 137 cm³/mol. The van der Waals surface area contributed by atoms with Gasteiger partial charge in [-0.25, -0.2) is 4.79 Å². The first-order valence-corrected chi connectivity index (χ1v) is 13.3. The van der Waals surface area contributed by atoms with Crippen LogP contribution in [0.25, 0.3) is 0 Å². The summed E-state index contributed by atoms with van der Waals surface area (Å²) in [6.45, 7) is 15.2. The molecule has 0 spiro atoms. The minimum atomic E-state index is -1.08. The fraction of sp³-hybridized carbons (Fsp3) is 0.815. The van der Waals surface area contributed by atoms with Crippen LogP contribution in [0.2, 0.25) is 0 Å². The molecule has 0 aromatic heterocycles. The number of ketones is 1. The van der Waals surface area contributed by atoms with Gasteiger partial charge in [0.05, 0.1) is 6.04 Å². The molecule has 2 saturated carbocycles. The predicted octanol–water partition coefficient (Wildman–Crippen LogP) is 2.14. The van der Waals surface area contributed by atoms with E-state index in [-0.39, 0.29) is 29.1 Å². The van der Waals surface area contributed by atoms with Crippen LogP contribution in [-0.4, -0.2) is 64.8 Å². The summed E-state index contributed by atoms with van der Waals surface area (Å²) in [7, 11) is 0. The topological polar surface area (TPSA) is 148 Å². The molecule has 3 fully saturated rings. The summed E-state index contributed by atoms with van der Waals surface area (Å²) in [4.78, 5) is 65.9. The van der Waals surface area contributed by atoms with E-state index in [1.165, 1.54) is 4.90 Å². The normalized spacial score (nSPS) is 26.3. The van der Waals surface area contributed by atoms with Crippen LogP contribution in [0.5, 0.6) is 0 Å². The van der Waals surface area contributed by atoms with E-state index in [1.807, 2.05) is 20.8 Å². The average Bonchev–Trinajstić information content (AvgIpc) is 3.06. The molecule has 1 aliphatic heterocycles. The van der Waals surface area contributed by atoms with Crippen LogP contribution in [0.3, 0.4) is 0 Å². The number of hydrogen-bond donors (Lipinski definition) is 3. The summed E-state index contributed by atoms with van der Waals surface area (Å²) in [5, 5.41) is 5.49. The number of ether oxygens (including phenoxy) is 1. The first kappa shape index (κ1) is 28.9. The molecule has 3 aliphatic rings. The Balaban J connectivity index is 1.83. The van der Waals surface area contributed by atoms with Crippen molar-refractivity contribution in [3.8, 4) is 0 Å². The van der Waals surface area contributed by atoms with Crippen molar-refractivity contribution in [1.29, 1.82) is 0 Å². The van der Waals surface area contributed by atoms with E-state index in [9.17, 15) is 24.0 Å².